The zero-order valence-electron chi connectivity index (χ0n) is 10.8. The number of carbonyl (C=O) groups is 2. The van der Waals surface area contributed by atoms with Gasteiger partial charge < -0.3 is 10.0 Å². The molecule has 1 aliphatic heterocycles. The van der Waals surface area contributed by atoms with E-state index in [0.717, 1.165) is 12.8 Å². The molecule has 1 unspecified atom stereocenters. The number of nitrogens with zero attached hydrogens (tertiary/aromatic N) is 5. The molecule has 20 heavy (non-hydrogen) atoms. The number of amides is 1. The summed E-state index contributed by atoms with van der Waals surface area (Å²) in [7, 11) is 0. The number of carboxylic acid groups (broad SMARTS) is 1. The average molecular weight is 297 g/mol. The molecule has 1 aromatic heterocycles. The molecule has 9 heteroatoms. The lowest BCUT2D eigenvalue weighted by Crippen LogP contribution is -2.31. The molecule has 0 spiro atoms. The minimum atomic E-state index is -0.828. The molecule has 2 fully saturated rings. The smallest absolute Gasteiger partial charge is 0.308 e. The van der Waals surface area contributed by atoms with Crippen LogP contribution >= 0.6 is 11.8 Å². The molecular formula is C11H15N5O3S. The average Bonchev–Trinajstić information content (AvgIpc) is 2.97. The first-order valence-electron chi connectivity index (χ1n) is 6.56. The number of likely N-dealkylation sites (tertiary alicyclic amines) is 1. The second-order valence-electron chi connectivity index (χ2n) is 5.09. The van der Waals surface area contributed by atoms with Gasteiger partial charge >= 0.3 is 5.97 Å². The molecule has 1 atom stereocenters. The standard InChI is InChI=1S/C11H15N5O3S/c17-9(15-4-3-7(5-15)10(18)19)6-20-11-12-13-14-16(11)8-1-2-8/h7-8H,1-6H2,(H,18,19). The molecule has 2 heterocycles. The predicted octanol–water partition coefficient (Wildman–Crippen LogP) is 0.0332. The SMILES string of the molecule is O=C(O)C1CCN(C(=O)CSc2nnnn2C2CC2)C1. The molecule has 1 aliphatic carbocycles. The minimum Gasteiger partial charge on any atom is -0.481 e. The molecule has 1 saturated carbocycles. The van der Waals surface area contributed by atoms with Crippen LogP contribution in [0.3, 0.4) is 0 Å². The summed E-state index contributed by atoms with van der Waals surface area (Å²) >= 11 is 1.31. The van der Waals surface area contributed by atoms with E-state index in [0.29, 0.717) is 30.7 Å². The summed E-state index contributed by atoms with van der Waals surface area (Å²) in [6.45, 7) is 0.826. The van der Waals surface area contributed by atoms with Crippen LogP contribution in [-0.4, -0.2) is 60.9 Å². The summed E-state index contributed by atoms with van der Waals surface area (Å²) in [4.78, 5) is 24.5. The first-order valence-corrected chi connectivity index (χ1v) is 7.55. The van der Waals surface area contributed by atoms with Gasteiger partial charge in [-0.05, 0) is 29.7 Å². The van der Waals surface area contributed by atoms with Gasteiger partial charge in [-0.1, -0.05) is 11.8 Å². The zero-order valence-corrected chi connectivity index (χ0v) is 11.6. The van der Waals surface area contributed by atoms with Gasteiger partial charge in [-0.2, -0.15) is 0 Å². The fraction of sp³-hybridized carbons (Fsp3) is 0.727. The summed E-state index contributed by atoms with van der Waals surface area (Å²) in [6.07, 6.45) is 2.70. The molecule has 2 aliphatic rings. The van der Waals surface area contributed by atoms with Crippen molar-refractivity contribution in [3.8, 4) is 0 Å². The highest BCUT2D eigenvalue weighted by molar-refractivity contribution is 7.99. The van der Waals surface area contributed by atoms with Gasteiger partial charge in [0.1, 0.15) is 0 Å². The number of thioether (sulfide) groups is 1. The van der Waals surface area contributed by atoms with E-state index in [1.54, 1.807) is 9.58 Å². The van der Waals surface area contributed by atoms with Crippen molar-refractivity contribution in [1.82, 2.24) is 25.1 Å². The first-order chi connectivity index (χ1) is 9.65. The van der Waals surface area contributed by atoms with Gasteiger partial charge in [-0.3, -0.25) is 9.59 Å². The molecule has 1 amide bonds. The number of hydrogen-bond donors (Lipinski definition) is 1. The fourth-order valence-corrected chi connectivity index (χ4v) is 3.08. The Morgan fingerprint density at radius 3 is 2.80 bits per heavy atom. The van der Waals surface area contributed by atoms with Crippen molar-refractivity contribution in [3.05, 3.63) is 0 Å². The molecule has 1 saturated heterocycles. The summed E-state index contributed by atoms with van der Waals surface area (Å²) in [5, 5.41) is 21.1. The van der Waals surface area contributed by atoms with Crippen LogP contribution in [0.4, 0.5) is 0 Å². The van der Waals surface area contributed by atoms with Crippen LogP contribution < -0.4 is 0 Å². The van der Waals surface area contributed by atoms with Crippen LogP contribution in [0.2, 0.25) is 0 Å². The highest BCUT2D eigenvalue weighted by atomic mass is 32.2. The van der Waals surface area contributed by atoms with E-state index in [-0.39, 0.29) is 11.7 Å². The second kappa shape index (κ2) is 5.39. The molecule has 0 radical (unpaired) electrons. The Morgan fingerprint density at radius 2 is 2.15 bits per heavy atom. The Labute approximate surface area is 119 Å². The minimum absolute atomic E-state index is 0.0518. The number of aromatic nitrogens is 4. The summed E-state index contributed by atoms with van der Waals surface area (Å²) in [6, 6.07) is 0.380. The molecule has 8 nitrogen and oxygen atoms in total. The number of rotatable bonds is 5. The number of carboxylic acids is 1. The highest BCUT2D eigenvalue weighted by Crippen LogP contribution is 2.36. The molecule has 0 bridgehead atoms. The van der Waals surface area contributed by atoms with Crippen LogP contribution in [0.25, 0.3) is 0 Å². The largest absolute Gasteiger partial charge is 0.481 e. The fourth-order valence-electron chi connectivity index (χ4n) is 2.23. The Hall–Kier alpha value is -1.64. The van der Waals surface area contributed by atoms with E-state index >= 15 is 0 Å². The third-order valence-corrected chi connectivity index (χ3v) is 4.49. The Kier molecular flexibility index (Phi) is 3.60. The van der Waals surface area contributed by atoms with E-state index in [1.165, 1.54) is 11.8 Å². The van der Waals surface area contributed by atoms with Crippen molar-refractivity contribution in [1.29, 1.82) is 0 Å². The molecule has 0 aromatic carbocycles. The number of carbonyl (C=O) groups excluding carboxylic acids is 1. The van der Waals surface area contributed by atoms with E-state index in [1.807, 2.05) is 0 Å². The third-order valence-electron chi connectivity index (χ3n) is 3.57. The molecule has 1 aromatic rings. The Bertz CT molecular complexity index is 530. The monoisotopic (exact) mass is 297 g/mol. The zero-order chi connectivity index (χ0) is 14.1. The maximum Gasteiger partial charge on any atom is 0.308 e. The number of tetrazole rings is 1. The van der Waals surface area contributed by atoms with Crippen LogP contribution in [-0.2, 0) is 9.59 Å². The van der Waals surface area contributed by atoms with Crippen molar-refractivity contribution < 1.29 is 14.7 Å². The lowest BCUT2D eigenvalue weighted by atomic mass is 10.1. The van der Waals surface area contributed by atoms with Crippen molar-refractivity contribution in [2.24, 2.45) is 5.92 Å². The van der Waals surface area contributed by atoms with Crippen molar-refractivity contribution in [2.75, 3.05) is 18.8 Å². The topological polar surface area (TPSA) is 101 Å². The quantitative estimate of drug-likeness (QED) is 0.765. The molecular weight excluding hydrogens is 282 g/mol. The van der Waals surface area contributed by atoms with Gasteiger partial charge in [0.05, 0.1) is 17.7 Å². The second-order valence-corrected chi connectivity index (χ2v) is 6.03. The van der Waals surface area contributed by atoms with E-state index in [4.69, 9.17) is 5.11 Å². The van der Waals surface area contributed by atoms with Crippen molar-refractivity contribution >= 4 is 23.6 Å². The molecule has 3 rings (SSSR count). The molecule has 1 N–H and O–H groups in total. The third kappa shape index (κ3) is 2.77. The number of hydrogen-bond acceptors (Lipinski definition) is 6. The van der Waals surface area contributed by atoms with Crippen molar-refractivity contribution in [2.45, 2.75) is 30.5 Å². The van der Waals surface area contributed by atoms with Crippen molar-refractivity contribution in [3.63, 3.8) is 0 Å². The van der Waals surface area contributed by atoms with Gasteiger partial charge in [0.25, 0.3) is 0 Å². The van der Waals surface area contributed by atoms with E-state index in [9.17, 15) is 9.59 Å². The van der Waals surface area contributed by atoms with Crippen LogP contribution in [0, 0.1) is 5.92 Å². The maximum absolute atomic E-state index is 12.0. The maximum atomic E-state index is 12.0. The van der Waals surface area contributed by atoms with Crippen LogP contribution in [0.15, 0.2) is 5.16 Å². The summed E-state index contributed by atoms with van der Waals surface area (Å²) in [5.74, 6) is -1.06. The Morgan fingerprint density at radius 1 is 1.35 bits per heavy atom. The number of aliphatic carboxylic acids is 1. The van der Waals surface area contributed by atoms with Gasteiger partial charge in [0.2, 0.25) is 11.1 Å². The van der Waals surface area contributed by atoms with Gasteiger partial charge in [-0.25, -0.2) is 4.68 Å². The van der Waals surface area contributed by atoms with Gasteiger partial charge in [-0.15, -0.1) is 5.10 Å². The normalized spacial score (nSPS) is 22.2. The van der Waals surface area contributed by atoms with E-state index in [2.05, 4.69) is 15.5 Å². The van der Waals surface area contributed by atoms with Gasteiger partial charge in [0.15, 0.2) is 0 Å². The summed E-state index contributed by atoms with van der Waals surface area (Å²) in [5.41, 5.74) is 0. The van der Waals surface area contributed by atoms with Crippen LogP contribution in [0.5, 0.6) is 0 Å². The lowest BCUT2D eigenvalue weighted by Gasteiger charge is -2.15. The Balaban J connectivity index is 1.52. The lowest BCUT2D eigenvalue weighted by molar-refractivity contribution is -0.141. The highest BCUT2D eigenvalue weighted by Gasteiger charge is 2.32. The van der Waals surface area contributed by atoms with Gasteiger partial charge in [0, 0.05) is 13.1 Å². The van der Waals surface area contributed by atoms with E-state index < -0.39 is 11.9 Å². The predicted molar refractivity (Wildman–Crippen MR) is 69.1 cm³/mol. The van der Waals surface area contributed by atoms with Crippen LogP contribution in [0.1, 0.15) is 25.3 Å². The summed E-state index contributed by atoms with van der Waals surface area (Å²) < 4.78 is 1.77. The first kappa shape index (κ1) is 13.3. The molecule has 108 valence electrons.